The Hall–Kier alpha value is -2.34. The molecule has 0 aliphatic heterocycles. The van der Waals surface area contributed by atoms with E-state index in [4.69, 9.17) is 0 Å². The summed E-state index contributed by atoms with van der Waals surface area (Å²) in [5, 5.41) is 12.5. The van der Waals surface area contributed by atoms with Crippen molar-refractivity contribution in [2.75, 3.05) is 6.54 Å². The maximum absolute atomic E-state index is 13.7. The van der Waals surface area contributed by atoms with Gasteiger partial charge in [-0.1, -0.05) is 18.2 Å². The molecule has 2 aromatic carbocycles. The second-order valence-corrected chi connectivity index (χ2v) is 5.90. The minimum Gasteiger partial charge on any atom is -0.387 e. The predicted molar refractivity (Wildman–Crippen MR) is 81.6 cm³/mol. The van der Waals surface area contributed by atoms with E-state index in [0.29, 0.717) is 12.0 Å². The van der Waals surface area contributed by atoms with Crippen LogP contribution in [0.15, 0.2) is 42.5 Å². The van der Waals surface area contributed by atoms with E-state index in [2.05, 4.69) is 5.32 Å². The Morgan fingerprint density at radius 1 is 1.17 bits per heavy atom. The summed E-state index contributed by atoms with van der Waals surface area (Å²) in [6, 6.07) is 9.07. The van der Waals surface area contributed by atoms with Gasteiger partial charge in [0.1, 0.15) is 17.5 Å². The lowest BCUT2D eigenvalue weighted by Gasteiger charge is -2.12. The molecule has 0 heterocycles. The predicted octanol–water partition coefficient (Wildman–Crippen LogP) is 3.06. The highest BCUT2D eigenvalue weighted by Crippen LogP contribution is 2.49. The van der Waals surface area contributed by atoms with Gasteiger partial charge >= 0.3 is 0 Å². The molecule has 6 heteroatoms. The Kier molecular flexibility index (Phi) is 4.57. The molecule has 0 radical (unpaired) electrons. The molecule has 2 aromatic rings. The first kappa shape index (κ1) is 16.5. The van der Waals surface area contributed by atoms with Crippen molar-refractivity contribution in [1.29, 1.82) is 0 Å². The molecule has 126 valence electrons. The SMILES string of the molecule is O=C(NCC(O)c1cccc(F)c1)C1CC1c1c(F)cccc1F. The van der Waals surface area contributed by atoms with E-state index in [1.165, 1.54) is 36.4 Å². The van der Waals surface area contributed by atoms with Gasteiger partial charge < -0.3 is 10.4 Å². The molecule has 3 unspecified atom stereocenters. The molecule has 0 bridgehead atoms. The van der Waals surface area contributed by atoms with Crippen molar-refractivity contribution in [2.24, 2.45) is 5.92 Å². The fourth-order valence-electron chi connectivity index (χ4n) is 2.83. The zero-order chi connectivity index (χ0) is 17.3. The van der Waals surface area contributed by atoms with Gasteiger partial charge in [0.15, 0.2) is 0 Å². The highest BCUT2D eigenvalue weighted by Gasteiger charge is 2.46. The van der Waals surface area contributed by atoms with Crippen LogP contribution in [0.25, 0.3) is 0 Å². The third-order valence-electron chi connectivity index (χ3n) is 4.20. The molecule has 1 saturated carbocycles. The van der Waals surface area contributed by atoms with E-state index in [1.54, 1.807) is 6.07 Å². The van der Waals surface area contributed by atoms with Gasteiger partial charge in [-0.25, -0.2) is 13.2 Å². The Balaban J connectivity index is 1.57. The normalized spacial score (nSPS) is 20.5. The van der Waals surface area contributed by atoms with Crippen molar-refractivity contribution in [3.63, 3.8) is 0 Å². The van der Waals surface area contributed by atoms with E-state index in [-0.39, 0.29) is 18.0 Å². The molecular weight excluding hydrogens is 319 g/mol. The maximum atomic E-state index is 13.7. The van der Waals surface area contributed by atoms with Crippen LogP contribution in [-0.4, -0.2) is 17.6 Å². The summed E-state index contributed by atoms with van der Waals surface area (Å²) in [7, 11) is 0. The standard InChI is InChI=1S/C18H16F3NO2/c19-11-4-1-3-10(7-11)16(23)9-22-18(24)13-8-12(13)17-14(20)5-2-6-15(17)21/h1-7,12-13,16,23H,8-9H2,(H,22,24). The Morgan fingerprint density at radius 2 is 1.83 bits per heavy atom. The molecule has 24 heavy (non-hydrogen) atoms. The lowest BCUT2D eigenvalue weighted by molar-refractivity contribution is -0.122. The Labute approximate surface area is 137 Å². The second kappa shape index (κ2) is 6.65. The number of hydrogen-bond donors (Lipinski definition) is 2. The number of rotatable bonds is 5. The number of hydrogen-bond acceptors (Lipinski definition) is 2. The third-order valence-corrected chi connectivity index (χ3v) is 4.20. The first-order chi connectivity index (χ1) is 11.5. The Morgan fingerprint density at radius 3 is 2.50 bits per heavy atom. The van der Waals surface area contributed by atoms with E-state index in [0.717, 1.165) is 0 Å². The third kappa shape index (κ3) is 3.43. The van der Waals surface area contributed by atoms with E-state index >= 15 is 0 Å². The van der Waals surface area contributed by atoms with Gasteiger partial charge in [-0.15, -0.1) is 0 Å². The minimum absolute atomic E-state index is 0.0664. The molecular formula is C18H16F3NO2. The van der Waals surface area contributed by atoms with Crippen molar-refractivity contribution in [2.45, 2.75) is 18.4 Å². The van der Waals surface area contributed by atoms with Gasteiger partial charge in [0, 0.05) is 23.9 Å². The lowest BCUT2D eigenvalue weighted by atomic mass is 10.1. The zero-order valence-electron chi connectivity index (χ0n) is 12.7. The van der Waals surface area contributed by atoms with Crippen molar-refractivity contribution < 1.29 is 23.1 Å². The van der Waals surface area contributed by atoms with Crippen LogP contribution in [0, 0.1) is 23.4 Å². The van der Waals surface area contributed by atoms with Gasteiger partial charge in [-0.2, -0.15) is 0 Å². The smallest absolute Gasteiger partial charge is 0.223 e. The first-order valence-electron chi connectivity index (χ1n) is 7.62. The average molecular weight is 335 g/mol. The molecule has 0 spiro atoms. The molecule has 1 amide bonds. The number of halogens is 3. The van der Waals surface area contributed by atoms with Crippen molar-refractivity contribution in [1.82, 2.24) is 5.32 Å². The van der Waals surface area contributed by atoms with Crippen molar-refractivity contribution in [3.8, 4) is 0 Å². The second-order valence-electron chi connectivity index (χ2n) is 5.90. The fourth-order valence-corrected chi connectivity index (χ4v) is 2.83. The Bertz CT molecular complexity index is 745. The molecule has 1 aliphatic carbocycles. The summed E-state index contributed by atoms with van der Waals surface area (Å²) in [5.41, 5.74) is 0.283. The number of amides is 1. The topological polar surface area (TPSA) is 49.3 Å². The fraction of sp³-hybridized carbons (Fsp3) is 0.278. The highest BCUT2D eigenvalue weighted by molar-refractivity contribution is 5.83. The molecule has 2 N–H and O–H groups in total. The molecule has 0 saturated heterocycles. The first-order valence-corrected chi connectivity index (χ1v) is 7.62. The van der Waals surface area contributed by atoms with Gasteiger partial charge in [0.05, 0.1) is 6.10 Å². The lowest BCUT2D eigenvalue weighted by Crippen LogP contribution is -2.30. The number of nitrogens with one attached hydrogen (secondary N) is 1. The van der Waals surface area contributed by atoms with Crippen LogP contribution in [0.5, 0.6) is 0 Å². The quantitative estimate of drug-likeness (QED) is 0.882. The summed E-state index contributed by atoms with van der Waals surface area (Å²) in [6.45, 7) is -0.0920. The molecule has 1 aliphatic rings. The van der Waals surface area contributed by atoms with Crippen LogP contribution in [0.2, 0.25) is 0 Å². The minimum atomic E-state index is -1.05. The van der Waals surface area contributed by atoms with Gasteiger partial charge in [0.25, 0.3) is 0 Å². The summed E-state index contributed by atoms with van der Waals surface area (Å²) in [5.74, 6) is -3.17. The largest absolute Gasteiger partial charge is 0.387 e. The van der Waals surface area contributed by atoms with Crippen LogP contribution in [0.1, 0.15) is 29.6 Å². The molecule has 3 nitrogen and oxygen atoms in total. The molecule has 3 rings (SSSR count). The summed E-state index contributed by atoms with van der Waals surface area (Å²) >= 11 is 0. The van der Waals surface area contributed by atoms with E-state index in [9.17, 15) is 23.1 Å². The zero-order valence-corrected chi connectivity index (χ0v) is 12.7. The van der Waals surface area contributed by atoms with Crippen LogP contribution >= 0.6 is 0 Å². The highest BCUT2D eigenvalue weighted by atomic mass is 19.1. The van der Waals surface area contributed by atoms with E-state index < -0.39 is 35.4 Å². The van der Waals surface area contributed by atoms with Gasteiger partial charge in [-0.05, 0) is 36.2 Å². The molecule has 0 aromatic heterocycles. The monoisotopic (exact) mass is 335 g/mol. The van der Waals surface area contributed by atoms with E-state index in [1.807, 2.05) is 0 Å². The summed E-state index contributed by atoms with van der Waals surface area (Å²) in [6.07, 6.45) is -0.688. The van der Waals surface area contributed by atoms with Crippen LogP contribution in [0.4, 0.5) is 13.2 Å². The number of aliphatic hydroxyl groups is 1. The summed E-state index contributed by atoms with van der Waals surface area (Å²) < 4.78 is 40.5. The maximum Gasteiger partial charge on any atom is 0.223 e. The van der Waals surface area contributed by atoms with Crippen LogP contribution in [-0.2, 0) is 4.79 Å². The molecule has 1 fully saturated rings. The number of carbonyl (C=O) groups is 1. The van der Waals surface area contributed by atoms with Gasteiger partial charge in [0.2, 0.25) is 5.91 Å². The molecule has 3 atom stereocenters. The van der Waals surface area contributed by atoms with Crippen molar-refractivity contribution in [3.05, 3.63) is 71.0 Å². The van der Waals surface area contributed by atoms with Gasteiger partial charge in [-0.3, -0.25) is 4.79 Å². The van der Waals surface area contributed by atoms with Crippen LogP contribution in [0.3, 0.4) is 0 Å². The number of carbonyl (C=O) groups excluding carboxylic acids is 1. The average Bonchev–Trinajstić information content (AvgIpc) is 3.32. The number of aliphatic hydroxyl groups excluding tert-OH is 1. The van der Waals surface area contributed by atoms with Crippen molar-refractivity contribution >= 4 is 5.91 Å². The van der Waals surface area contributed by atoms with Crippen LogP contribution < -0.4 is 5.32 Å². The number of benzene rings is 2. The summed E-state index contributed by atoms with van der Waals surface area (Å²) in [4.78, 5) is 12.1.